The number of anilines is 1. The maximum Gasteiger partial charge on any atom is 0.416 e. The van der Waals surface area contributed by atoms with Crippen molar-refractivity contribution in [2.24, 2.45) is 0 Å². The zero-order valence-corrected chi connectivity index (χ0v) is 11.8. The number of aromatic hydroxyl groups is 1. The standard InChI is InChI=1S/C16H16F3NO/c1-10-6-12(7-11(2)15(10)21)9-20-14-5-3-4-13(8-14)16(17,18)19/h3-8,20-21H,9H2,1-2H3. The van der Waals surface area contributed by atoms with Crippen LogP contribution in [0.4, 0.5) is 18.9 Å². The topological polar surface area (TPSA) is 32.3 Å². The summed E-state index contributed by atoms with van der Waals surface area (Å²) < 4.78 is 37.9. The Hall–Kier alpha value is -2.17. The van der Waals surface area contributed by atoms with Crippen molar-refractivity contribution in [3.05, 3.63) is 58.7 Å². The lowest BCUT2D eigenvalue weighted by Crippen LogP contribution is -2.06. The molecule has 0 fully saturated rings. The molecule has 0 aliphatic heterocycles. The first-order chi connectivity index (χ1) is 9.77. The van der Waals surface area contributed by atoms with Gasteiger partial charge in [-0.05, 0) is 48.7 Å². The Morgan fingerprint density at radius 1 is 1.05 bits per heavy atom. The number of hydrogen-bond donors (Lipinski definition) is 2. The van der Waals surface area contributed by atoms with Crippen LogP contribution in [0.3, 0.4) is 0 Å². The van der Waals surface area contributed by atoms with Gasteiger partial charge in [-0.15, -0.1) is 0 Å². The summed E-state index contributed by atoms with van der Waals surface area (Å²) in [7, 11) is 0. The maximum absolute atomic E-state index is 12.6. The number of aryl methyl sites for hydroxylation is 2. The van der Waals surface area contributed by atoms with Crippen LogP contribution in [0.2, 0.25) is 0 Å². The zero-order valence-electron chi connectivity index (χ0n) is 11.8. The molecule has 0 atom stereocenters. The summed E-state index contributed by atoms with van der Waals surface area (Å²) in [6.07, 6.45) is -4.34. The van der Waals surface area contributed by atoms with Crippen molar-refractivity contribution in [2.75, 3.05) is 5.32 Å². The number of phenols is 1. The van der Waals surface area contributed by atoms with E-state index in [0.29, 0.717) is 12.2 Å². The van der Waals surface area contributed by atoms with E-state index < -0.39 is 11.7 Å². The van der Waals surface area contributed by atoms with Crippen LogP contribution in [0, 0.1) is 13.8 Å². The van der Waals surface area contributed by atoms with Crippen molar-refractivity contribution in [3.8, 4) is 5.75 Å². The second-order valence-corrected chi connectivity index (χ2v) is 5.01. The number of halogens is 3. The normalized spacial score (nSPS) is 11.5. The molecule has 0 heterocycles. The second kappa shape index (κ2) is 5.68. The summed E-state index contributed by atoms with van der Waals surface area (Å²) in [5, 5.41) is 12.7. The first-order valence-electron chi connectivity index (χ1n) is 6.47. The highest BCUT2D eigenvalue weighted by atomic mass is 19.4. The number of nitrogens with one attached hydrogen (secondary N) is 1. The van der Waals surface area contributed by atoms with Gasteiger partial charge in [0.2, 0.25) is 0 Å². The van der Waals surface area contributed by atoms with Crippen LogP contribution in [-0.4, -0.2) is 5.11 Å². The Morgan fingerprint density at radius 2 is 1.67 bits per heavy atom. The molecule has 0 bridgehead atoms. The summed E-state index contributed by atoms with van der Waals surface area (Å²) in [5.41, 5.74) is 2.13. The molecule has 2 aromatic carbocycles. The van der Waals surface area contributed by atoms with Gasteiger partial charge < -0.3 is 10.4 Å². The van der Waals surface area contributed by atoms with Crippen LogP contribution in [0.25, 0.3) is 0 Å². The van der Waals surface area contributed by atoms with E-state index in [1.54, 1.807) is 19.9 Å². The van der Waals surface area contributed by atoms with E-state index >= 15 is 0 Å². The van der Waals surface area contributed by atoms with Crippen LogP contribution in [0.15, 0.2) is 36.4 Å². The Morgan fingerprint density at radius 3 is 2.24 bits per heavy atom. The van der Waals surface area contributed by atoms with Crippen molar-refractivity contribution < 1.29 is 18.3 Å². The second-order valence-electron chi connectivity index (χ2n) is 5.01. The highest BCUT2D eigenvalue weighted by Gasteiger charge is 2.30. The van der Waals surface area contributed by atoms with Gasteiger partial charge >= 0.3 is 6.18 Å². The molecule has 2 aromatic rings. The van der Waals surface area contributed by atoms with Gasteiger partial charge in [-0.2, -0.15) is 13.2 Å². The lowest BCUT2D eigenvalue weighted by Gasteiger charge is -2.12. The predicted octanol–water partition coefficient (Wildman–Crippen LogP) is 4.64. The lowest BCUT2D eigenvalue weighted by atomic mass is 10.1. The molecule has 0 unspecified atom stereocenters. The summed E-state index contributed by atoms with van der Waals surface area (Å²) in [6, 6.07) is 8.71. The largest absolute Gasteiger partial charge is 0.507 e. The molecule has 0 spiro atoms. The van der Waals surface area contributed by atoms with E-state index in [4.69, 9.17) is 0 Å². The molecular weight excluding hydrogens is 279 g/mol. The number of rotatable bonds is 3. The van der Waals surface area contributed by atoms with Gasteiger partial charge in [0, 0.05) is 12.2 Å². The van der Waals surface area contributed by atoms with Crippen LogP contribution < -0.4 is 5.32 Å². The zero-order chi connectivity index (χ0) is 15.6. The van der Waals surface area contributed by atoms with Crippen LogP contribution >= 0.6 is 0 Å². The minimum Gasteiger partial charge on any atom is -0.507 e. The lowest BCUT2D eigenvalue weighted by molar-refractivity contribution is -0.137. The van der Waals surface area contributed by atoms with Gasteiger partial charge in [-0.1, -0.05) is 18.2 Å². The third-order valence-electron chi connectivity index (χ3n) is 3.24. The average Bonchev–Trinajstić information content (AvgIpc) is 2.42. The molecule has 5 heteroatoms. The fourth-order valence-corrected chi connectivity index (χ4v) is 2.16. The van der Waals surface area contributed by atoms with Gasteiger partial charge in [0.15, 0.2) is 0 Å². The maximum atomic E-state index is 12.6. The van der Waals surface area contributed by atoms with Gasteiger partial charge in [0.05, 0.1) is 5.56 Å². The SMILES string of the molecule is Cc1cc(CNc2cccc(C(F)(F)F)c2)cc(C)c1O. The minimum atomic E-state index is -4.34. The molecule has 0 amide bonds. The van der Waals surface area contributed by atoms with E-state index in [1.807, 2.05) is 12.1 Å². The van der Waals surface area contributed by atoms with E-state index in [2.05, 4.69) is 5.32 Å². The average molecular weight is 295 g/mol. The Kier molecular flexibility index (Phi) is 4.11. The Labute approximate surface area is 121 Å². The quantitative estimate of drug-likeness (QED) is 0.864. The molecule has 0 aromatic heterocycles. The molecule has 2 N–H and O–H groups in total. The van der Waals surface area contributed by atoms with Crippen molar-refractivity contribution in [2.45, 2.75) is 26.6 Å². The molecule has 112 valence electrons. The molecule has 21 heavy (non-hydrogen) atoms. The monoisotopic (exact) mass is 295 g/mol. The molecule has 2 rings (SSSR count). The fraction of sp³-hybridized carbons (Fsp3) is 0.250. The Balaban J connectivity index is 2.14. The third-order valence-corrected chi connectivity index (χ3v) is 3.24. The van der Waals surface area contributed by atoms with Gasteiger partial charge in [0.1, 0.15) is 5.75 Å². The Bertz CT molecular complexity index is 627. The van der Waals surface area contributed by atoms with Crippen molar-refractivity contribution >= 4 is 5.69 Å². The molecular formula is C16H16F3NO. The number of phenolic OH excluding ortho intramolecular Hbond substituents is 1. The van der Waals surface area contributed by atoms with Gasteiger partial charge in [-0.25, -0.2) is 0 Å². The first-order valence-corrected chi connectivity index (χ1v) is 6.47. The summed E-state index contributed by atoms with van der Waals surface area (Å²) >= 11 is 0. The van der Waals surface area contributed by atoms with E-state index in [9.17, 15) is 18.3 Å². The number of benzene rings is 2. The molecule has 0 saturated carbocycles. The van der Waals surface area contributed by atoms with Crippen LogP contribution in [-0.2, 0) is 12.7 Å². The molecule has 0 saturated heterocycles. The molecule has 0 aliphatic rings. The number of hydrogen-bond acceptors (Lipinski definition) is 2. The van der Waals surface area contributed by atoms with Crippen molar-refractivity contribution in [1.29, 1.82) is 0 Å². The van der Waals surface area contributed by atoms with Gasteiger partial charge in [-0.3, -0.25) is 0 Å². The van der Waals surface area contributed by atoms with Crippen molar-refractivity contribution in [1.82, 2.24) is 0 Å². The van der Waals surface area contributed by atoms with Gasteiger partial charge in [0.25, 0.3) is 0 Å². The molecule has 0 radical (unpaired) electrons. The number of alkyl halides is 3. The van der Waals surface area contributed by atoms with Crippen molar-refractivity contribution in [3.63, 3.8) is 0 Å². The van der Waals surface area contributed by atoms with E-state index in [0.717, 1.165) is 28.8 Å². The smallest absolute Gasteiger partial charge is 0.416 e. The predicted molar refractivity (Wildman–Crippen MR) is 76.4 cm³/mol. The summed E-state index contributed by atoms with van der Waals surface area (Å²) in [4.78, 5) is 0. The van der Waals surface area contributed by atoms with E-state index in [1.165, 1.54) is 6.07 Å². The van der Waals surface area contributed by atoms with Crippen LogP contribution in [0.5, 0.6) is 5.75 Å². The fourth-order valence-electron chi connectivity index (χ4n) is 2.16. The summed E-state index contributed by atoms with van der Waals surface area (Å²) in [5.74, 6) is 0.248. The highest BCUT2D eigenvalue weighted by molar-refractivity contribution is 5.48. The summed E-state index contributed by atoms with van der Waals surface area (Å²) in [6.45, 7) is 3.97. The molecule has 0 aliphatic carbocycles. The third kappa shape index (κ3) is 3.68. The van der Waals surface area contributed by atoms with E-state index in [-0.39, 0.29) is 5.75 Å². The minimum absolute atomic E-state index is 0.248. The van der Waals surface area contributed by atoms with Crippen LogP contribution in [0.1, 0.15) is 22.3 Å². The first kappa shape index (κ1) is 15.2. The molecule has 2 nitrogen and oxygen atoms in total. The highest BCUT2D eigenvalue weighted by Crippen LogP contribution is 2.31.